The van der Waals surface area contributed by atoms with Crippen LogP contribution in [0.1, 0.15) is 36.1 Å². The molecule has 3 heteroatoms. The summed E-state index contributed by atoms with van der Waals surface area (Å²) >= 11 is 4.61. The second kappa shape index (κ2) is 4.35. The lowest BCUT2D eigenvalue weighted by Gasteiger charge is -2.13. The largest absolute Gasteiger partial charge is 0.454 e. The van der Waals surface area contributed by atoms with Crippen LogP contribution in [0.2, 0.25) is 0 Å². The van der Waals surface area contributed by atoms with Crippen LogP contribution in [0.3, 0.4) is 0 Å². The Morgan fingerprint density at radius 1 is 1.33 bits per heavy atom. The zero-order valence-electron chi connectivity index (χ0n) is 9.12. The number of rotatable bonds is 3. The molecule has 0 aromatic heterocycles. The second-order valence-corrected chi connectivity index (χ2v) is 4.49. The van der Waals surface area contributed by atoms with Crippen LogP contribution in [0.5, 0.6) is 11.5 Å². The molecular weight excluding hydrogens is 208 g/mol. The van der Waals surface area contributed by atoms with Gasteiger partial charge in [0.1, 0.15) is 0 Å². The molecule has 1 aliphatic heterocycles. The quantitative estimate of drug-likeness (QED) is 0.792. The van der Waals surface area contributed by atoms with E-state index >= 15 is 0 Å². The summed E-state index contributed by atoms with van der Waals surface area (Å²) < 4.78 is 10.7. The Morgan fingerprint density at radius 3 is 2.67 bits per heavy atom. The van der Waals surface area contributed by atoms with Gasteiger partial charge in [0, 0.05) is 5.25 Å². The molecular formula is C12H16O2S. The van der Waals surface area contributed by atoms with Crippen molar-refractivity contribution in [3.05, 3.63) is 23.3 Å². The van der Waals surface area contributed by atoms with Gasteiger partial charge in [-0.1, -0.05) is 13.3 Å². The number of ether oxygens (including phenoxy) is 2. The van der Waals surface area contributed by atoms with Crippen molar-refractivity contribution < 1.29 is 9.47 Å². The Balaban J connectivity index is 2.31. The maximum Gasteiger partial charge on any atom is 0.231 e. The molecule has 0 saturated carbocycles. The number of aryl methyl sites for hydroxylation is 1. The summed E-state index contributed by atoms with van der Waals surface area (Å²) in [7, 11) is 0. The third-order valence-corrected chi connectivity index (χ3v) is 3.22. The highest BCUT2D eigenvalue weighted by atomic mass is 32.1. The SMILES string of the molecule is CCCC(S)c1cc2c(cc1C)OCO2. The first kappa shape index (κ1) is 10.7. The highest BCUT2D eigenvalue weighted by molar-refractivity contribution is 7.80. The van der Waals surface area contributed by atoms with Crippen LogP contribution >= 0.6 is 12.6 Å². The van der Waals surface area contributed by atoms with Crippen molar-refractivity contribution in [2.45, 2.75) is 31.9 Å². The molecule has 1 atom stereocenters. The average molecular weight is 224 g/mol. The molecule has 15 heavy (non-hydrogen) atoms. The van der Waals surface area contributed by atoms with E-state index in [4.69, 9.17) is 9.47 Å². The molecule has 0 radical (unpaired) electrons. The molecule has 1 aromatic carbocycles. The molecule has 1 aliphatic rings. The number of benzene rings is 1. The summed E-state index contributed by atoms with van der Waals surface area (Å²) in [5.74, 6) is 1.71. The van der Waals surface area contributed by atoms with E-state index in [1.165, 1.54) is 11.1 Å². The Kier molecular flexibility index (Phi) is 3.10. The molecule has 82 valence electrons. The van der Waals surface area contributed by atoms with Gasteiger partial charge in [-0.2, -0.15) is 12.6 Å². The van der Waals surface area contributed by atoms with Crippen molar-refractivity contribution in [3.8, 4) is 11.5 Å². The van der Waals surface area contributed by atoms with Gasteiger partial charge in [-0.05, 0) is 36.6 Å². The maximum absolute atomic E-state index is 5.37. The van der Waals surface area contributed by atoms with Crippen LogP contribution < -0.4 is 9.47 Å². The Morgan fingerprint density at radius 2 is 2.00 bits per heavy atom. The minimum absolute atomic E-state index is 0.296. The van der Waals surface area contributed by atoms with Crippen molar-refractivity contribution in [3.63, 3.8) is 0 Å². The van der Waals surface area contributed by atoms with Gasteiger partial charge in [-0.15, -0.1) is 0 Å². The first-order valence-corrected chi connectivity index (χ1v) is 5.82. The number of hydrogen-bond acceptors (Lipinski definition) is 3. The molecule has 0 fully saturated rings. The Bertz CT molecular complexity index is 363. The van der Waals surface area contributed by atoms with Crippen molar-refractivity contribution in [1.82, 2.24) is 0 Å². The van der Waals surface area contributed by atoms with Crippen LogP contribution in [-0.4, -0.2) is 6.79 Å². The zero-order valence-corrected chi connectivity index (χ0v) is 10.0. The fraction of sp³-hybridized carbons (Fsp3) is 0.500. The summed E-state index contributed by atoms with van der Waals surface area (Å²) in [5.41, 5.74) is 2.48. The van der Waals surface area contributed by atoms with Gasteiger partial charge < -0.3 is 9.47 Å². The number of fused-ring (bicyclic) bond motifs is 1. The zero-order chi connectivity index (χ0) is 10.8. The molecule has 0 saturated heterocycles. The van der Waals surface area contributed by atoms with E-state index in [1.54, 1.807) is 0 Å². The Hall–Kier alpha value is -0.830. The van der Waals surface area contributed by atoms with Crippen LogP contribution in [-0.2, 0) is 0 Å². The number of hydrogen-bond donors (Lipinski definition) is 1. The lowest BCUT2D eigenvalue weighted by atomic mass is 10.0. The molecule has 2 rings (SSSR count). The normalized spacial score (nSPS) is 15.4. The molecule has 0 amide bonds. The summed E-state index contributed by atoms with van der Waals surface area (Å²) in [6.45, 7) is 4.60. The highest BCUT2D eigenvalue weighted by Crippen LogP contribution is 2.38. The molecule has 1 aromatic rings. The predicted octanol–water partition coefficient (Wildman–Crippen LogP) is 3.49. The maximum atomic E-state index is 5.37. The van der Waals surface area contributed by atoms with E-state index in [0.717, 1.165) is 24.3 Å². The molecule has 1 unspecified atom stereocenters. The van der Waals surface area contributed by atoms with E-state index in [9.17, 15) is 0 Å². The predicted molar refractivity (Wildman–Crippen MR) is 63.9 cm³/mol. The average Bonchev–Trinajstić information content (AvgIpc) is 2.63. The van der Waals surface area contributed by atoms with Crippen molar-refractivity contribution in [2.75, 3.05) is 6.79 Å². The monoisotopic (exact) mass is 224 g/mol. The van der Waals surface area contributed by atoms with Gasteiger partial charge >= 0.3 is 0 Å². The third-order valence-electron chi connectivity index (χ3n) is 2.68. The standard InChI is InChI=1S/C12H16O2S/c1-3-4-12(15)9-6-11-10(5-8(9)2)13-7-14-11/h5-6,12,15H,3-4,7H2,1-2H3. The van der Waals surface area contributed by atoms with Crippen LogP contribution in [0.15, 0.2) is 12.1 Å². The van der Waals surface area contributed by atoms with Crippen LogP contribution in [0, 0.1) is 6.92 Å². The lowest BCUT2D eigenvalue weighted by Crippen LogP contribution is -1.94. The molecule has 0 bridgehead atoms. The van der Waals surface area contributed by atoms with Gasteiger partial charge in [0.15, 0.2) is 11.5 Å². The minimum Gasteiger partial charge on any atom is -0.454 e. The summed E-state index contributed by atoms with van der Waals surface area (Å²) in [6, 6.07) is 4.10. The van der Waals surface area contributed by atoms with Gasteiger partial charge in [0.05, 0.1) is 0 Å². The first-order valence-electron chi connectivity index (χ1n) is 5.30. The van der Waals surface area contributed by atoms with Crippen LogP contribution in [0.4, 0.5) is 0 Å². The number of thiol groups is 1. The fourth-order valence-electron chi connectivity index (χ4n) is 1.85. The van der Waals surface area contributed by atoms with E-state index in [-0.39, 0.29) is 0 Å². The summed E-state index contributed by atoms with van der Waals surface area (Å²) in [6.07, 6.45) is 2.23. The van der Waals surface area contributed by atoms with Gasteiger partial charge in [-0.25, -0.2) is 0 Å². The summed E-state index contributed by atoms with van der Waals surface area (Å²) in [4.78, 5) is 0. The third kappa shape index (κ3) is 2.07. The molecule has 1 heterocycles. The summed E-state index contributed by atoms with van der Waals surface area (Å²) in [5, 5.41) is 0.296. The molecule has 0 spiro atoms. The Labute approximate surface area is 96.0 Å². The molecule has 2 nitrogen and oxygen atoms in total. The van der Waals surface area contributed by atoms with E-state index in [2.05, 4.69) is 32.5 Å². The van der Waals surface area contributed by atoms with Gasteiger partial charge in [-0.3, -0.25) is 0 Å². The van der Waals surface area contributed by atoms with E-state index in [1.807, 2.05) is 6.07 Å². The van der Waals surface area contributed by atoms with Gasteiger partial charge in [0.2, 0.25) is 6.79 Å². The second-order valence-electron chi connectivity index (χ2n) is 3.87. The van der Waals surface area contributed by atoms with Crippen molar-refractivity contribution >= 4 is 12.6 Å². The molecule has 0 N–H and O–H groups in total. The first-order chi connectivity index (χ1) is 7.22. The topological polar surface area (TPSA) is 18.5 Å². The van der Waals surface area contributed by atoms with Crippen molar-refractivity contribution in [1.29, 1.82) is 0 Å². The van der Waals surface area contributed by atoms with E-state index in [0.29, 0.717) is 12.0 Å². The van der Waals surface area contributed by atoms with Crippen molar-refractivity contribution in [2.24, 2.45) is 0 Å². The van der Waals surface area contributed by atoms with Gasteiger partial charge in [0.25, 0.3) is 0 Å². The fourth-order valence-corrected chi connectivity index (χ4v) is 2.38. The highest BCUT2D eigenvalue weighted by Gasteiger charge is 2.18. The van der Waals surface area contributed by atoms with E-state index < -0.39 is 0 Å². The lowest BCUT2D eigenvalue weighted by molar-refractivity contribution is 0.174. The minimum atomic E-state index is 0.296. The smallest absolute Gasteiger partial charge is 0.231 e. The van der Waals surface area contributed by atoms with Crippen LogP contribution in [0.25, 0.3) is 0 Å². The molecule has 0 aliphatic carbocycles.